The first-order valence-electron chi connectivity index (χ1n) is 7.01. The Hall–Kier alpha value is -3.15. The highest BCUT2D eigenvalue weighted by atomic mass is 16.7. The zero-order chi connectivity index (χ0) is 15.6. The molecule has 23 heavy (non-hydrogen) atoms. The van der Waals surface area contributed by atoms with Crippen LogP contribution in [-0.2, 0) is 0 Å². The van der Waals surface area contributed by atoms with Gasteiger partial charge in [-0.25, -0.2) is 4.79 Å². The van der Waals surface area contributed by atoms with Crippen molar-refractivity contribution in [3.05, 3.63) is 40.8 Å². The van der Waals surface area contributed by atoms with Gasteiger partial charge in [0.2, 0.25) is 6.79 Å². The van der Waals surface area contributed by atoms with Gasteiger partial charge in [-0.15, -0.1) is 0 Å². The zero-order valence-electron chi connectivity index (χ0n) is 12.0. The molecule has 0 fully saturated rings. The Morgan fingerprint density at radius 3 is 2.57 bits per heavy atom. The molecule has 6 nitrogen and oxygen atoms in total. The molecule has 0 atom stereocenters. The normalized spacial score (nSPS) is 13.3. The van der Waals surface area contributed by atoms with E-state index in [0.717, 1.165) is 0 Å². The second kappa shape index (κ2) is 4.19. The van der Waals surface area contributed by atoms with Gasteiger partial charge in [0, 0.05) is 17.5 Å². The van der Waals surface area contributed by atoms with Crippen LogP contribution in [0.15, 0.2) is 44.0 Å². The van der Waals surface area contributed by atoms with E-state index in [9.17, 15) is 4.79 Å². The maximum atomic E-state index is 12.4. The summed E-state index contributed by atoms with van der Waals surface area (Å²) < 4.78 is 27.2. The Balaban J connectivity index is 1.96. The highest BCUT2D eigenvalue weighted by Crippen LogP contribution is 2.40. The lowest BCUT2D eigenvalue weighted by Gasteiger charge is -2.01. The quantitative estimate of drug-likeness (QED) is 0.502. The maximum absolute atomic E-state index is 12.4. The Morgan fingerprint density at radius 1 is 0.957 bits per heavy atom. The van der Waals surface area contributed by atoms with Gasteiger partial charge in [0.05, 0.1) is 12.5 Å². The molecule has 0 saturated heterocycles. The van der Waals surface area contributed by atoms with Crippen molar-refractivity contribution in [3.63, 3.8) is 0 Å². The SMILES string of the molecule is COc1ccc2c(c1)oc(=O)c1c3cc4c(cc3oc21)OCO4. The molecule has 1 aliphatic heterocycles. The molecule has 5 rings (SSSR count). The second-order valence-corrected chi connectivity index (χ2v) is 5.26. The Kier molecular flexibility index (Phi) is 2.26. The summed E-state index contributed by atoms with van der Waals surface area (Å²) in [6.07, 6.45) is 0. The topological polar surface area (TPSA) is 71.0 Å². The Morgan fingerprint density at radius 2 is 1.74 bits per heavy atom. The first-order chi connectivity index (χ1) is 11.2. The molecule has 0 aliphatic carbocycles. The molecule has 0 bridgehead atoms. The summed E-state index contributed by atoms with van der Waals surface area (Å²) in [5, 5.41) is 1.75. The average Bonchev–Trinajstić information content (AvgIpc) is 3.15. The third-order valence-electron chi connectivity index (χ3n) is 4.02. The molecule has 4 aromatic rings. The van der Waals surface area contributed by atoms with Crippen molar-refractivity contribution in [2.75, 3.05) is 13.9 Å². The first kappa shape index (κ1) is 12.4. The average molecular weight is 310 g/mol. The largest absolute Gasteiger partial charge is 0.497 e. The van der Waals surface area contributed by atoms with Crippen molar-refractivity contribution in [1.82, 2.24) is 0 Å². The number of benzene rings is 2. The van der Waals surface area contributed by atoms with Crippen LogP contribution >= 0.6 is 0 Å². The van der Waals surface area contributed by atoms with Gasteiger partial charge in [0.1, 0.15) is 22.3 Å². The molecular weight excluding hydrogens is 300 g/mol. The summed E-state index contributed by atoms with van der Waals surface area (Å²) in [4.78, 5) is 12.4. The lowest BCUT2D eigenvalue weighted by molar-refractivity contribution is 0.174. The Labute approximate surface area is 128 Å². The van der Waals surface area contributed by atoms with Gasteiger partial charge >= 0.3 is 5.63 Å². The summed E-state index contributed by atoms with van der Waals surface area (Å²) in [5.74, 6) is 1.80. The molecular formula is C17H10O6. The van der Waals surface area contributed by atoms with E-state index >= 15 is 0 Å². The van der Waals surface area contributed by atoms with Gasteiger partial charge in [-0.05, 0) is 18.2 Å². The van der Waals surface area contributed by atoms with Gasteiger partial charge in [-0.3, -0.25) is 0 Å². The van der Waals surface area contributed by atoms with Crippen LogP contribution in [0.4, 0.5) is 0 Å². The van der Waals surface area contributed by atoms with Crippen LogP contribution in [0.5, 0.6) is 17.2 Å². The number of methoxy groups -OCH3 is 1. The Bertz CT molecular complexity index is 1150. The highest BCUT2D eigenvalue weighted by molar-refractivity contribution is 6.13. The van der Waals surface area contributed by atoms with Crippen molar-refractivity contribution in [3.8, 4) is 17.2 Å². The van der Waals surface area contributed by atoms with E-state index in [1.807, 2.05) is 6.07 Å². The van der Waals surface area contributed by atoms with Crippen LogP contribution in [0.2, 0.25) is 0 Å². The van der Waals surface area contributed by atoms with E-state index in [2.05, 4.69) is 0 Å². The fourth-order valence-corrected chi connectivity index (χ4v) is 2.93. The minimum absolute atomic E-state index is 0.164. The van der Waals surface area contributed by atoms with Crippen LogP contribution in [-0.4, -0.2) is 13.9 Å². The summed E-state index contributed by atoms with van der Waals surface area (Å²) in [6.45, 7) is 0.164. The van der Waals surface area contributed by atoms with Crippen LogP contribution < -0.4 is 19.8 Å². The van der Waals surface area contributed by atoms with Crippen molar-refractivity contribution in [2.24, 2.45) is 0 Å². The van der Waals surface area contributed by atoms with E-state index in [0.29, 0.717) is 50.2 Å². The molecule has 2 aromatic carbocycles. The molecule has 6 heteroatoms. The van der Waals surface area contributed by atoms with Crippen LogP contribution in [0.25, 0.3) is 32.9 Å². The number of furan rings is 1. The lowest BCUT2D eigenvalue weighted by Crippen LogP contribution is -1.98. The molecule has 0 saturated carbocycles. The van der Waals surface area contributed by atoms with Gasteiger partial charge in [-0.2, -0.15) is 0 Å². The monoisotopic (exact) mass is 310 g/mol. The van der Waals surface area contributed by atoms with E-state index in [1.165, 1.54) is 0 Å². The number of hydrogen-bond donors (Lipinski definition) is 0. The number of ether oxygens (including phenoxy) is 3. The molecule has 0 spiro atoms. The molecule has 0 unspecified atom stereocenters. The van der Waals surface area contributed by atoms with E-state index in [4.69, 9.17) is 23.0 Å². The summed E-state index contributed by atoms with van der Waals surface area (Å²) in [7, 11) is 1.56. The van der Waals surface area contributed by atoms with Crippen molar-refractivity contribution < 1.29 is 23.0 Å². The van der Waals surface area contributed by atoms with E-state index < -0.39 is 5.63 Å². The predicted octanol–water partition coefficient (Wildman–Crippen LogP) is 3.43. The number of rotatable bonds is 1. The van der Waals surface area contributed by atoms with Crippen molar-refractivity contribution >= 4 is 32.9 Å². The fraction of sp³-hybridized carbons (Fsp3) is 0.118. The molecule has 3 heterocycles. The van der Waals surface area contributed by atoms with Crippen molar-refractivity contribution in [1.29, 1.82) is 0 Å². The van der Waals surface area contributed by atoms with Gasteiger partial charge in [0.15, 0.2) is 17.1 Å². The molecule has 0 amide bonds. The molecule has 1 aliphatic rings. The van der Waals surface area contributed by atoms with Gasteiger partial charge in [-0.1, -0.05) is 0 Å². The number of fused-ring (bicyclic) bond motifs is 6. The minimum atomic E-state index is -0.460. The van der Waals surface area contributed by atoms with E-state index in [-0.39, 0.29) is 6.79 Å². The summed E-state index contributed by atoms with van der Waals surface area (Å²) >= 11 is 0. The number of hydrogen-bond acceptors (Lipinski definition) is 6. The first-order valence-corrected chi connectivity index (χ1v) is 7.01. The minimum Gasteiger partial charge on any atom is -0.497 e. The lowest BCUT2D eigenvalue weighted by atomic mass is 10.1. The summed E-state index contributed by atoms with van der Waals surface area (Å²) in [5.41, 5.74) is 0.997. The predicted molar refractivity (Wildman–Crippen MR) is 82.4 cm³/mol. The summed E-state index contributed by atoms with van der Waals surface area (Å²) in [6, 6.07) is 8.74. The van der Waals surface area contributed by atoms with Gasteiger partial charge in [0.25, 0.3) is 0 Å². The third kappa shape index (κ3) is 1.60. The maximum Gasteiger partial charge on any atom is 0.348 e. The molecule has 0 radical (unpaired) electrons. The zero-order valence-corrected chi connectivity index (χ0v) is 12.0. The van der Waals surface area contributed by atoms with Gasteiger partial charge < -0.3 is 23.0 Å². The van der Waals surface area contributed by atoms with Crippen LogP contribution in [0.3, 0.4) is 0 Å². The fourth-order valence-electron chi connectivity index (χ4n) is 2.93. The molecule has 114 valence electrons. The standard InChI is InChI=1S/C17H10O6/c1-19-8-2-3-9-11(4-8)23-17(18)15-10-5-13-14(21-7-20-13)6-12(10)22-16(9)15/h2-6H,7H2,1H3. The third-order valence-corrected chi connectivity index (χ3v) is 4.02. The molecule has 2 aromatic heterocycles. The van der Waals surface area contributed by atoms with Crippen LogP contribution in [0, 0.1) is 0 Å². The van der Waals surface area contributed by atoms with Crippen LogP contribution in [0.1, 0.15) is 0 Å². The smallest absolute Gasteiger partial charge is 0.348 e. The van der Waals surface area contributed by atoms with E-state index in [1.54, 1.807) is 31.4 Å². The molecule has 0 N–H and O–H groups in total. The second-order valence-electron chi connectivity index (χ2n) is 5.26. The highest BCUT2D eigenvalue weighted by Gasteiger charge is 2.21. The van der Waals surface area contributed by atoms with Crippen molar-refractivity contribution in [2.45, 2.75) is 0 Å².